The fourth-order valence-electron chi connectivity index (χ4n) is 2.26. The molecule has 0 atom stereocenters. The molecular formula is C12H25N4O2+. The largest absolute Gasteiger partial charge is 0.369 e. The van der Waals surface area contributed by atoms with Gasteiger partial charge in [0.2, 0.25) is 5.91 Å². The molecule has 1 heterocycles. The number of hydrogen-bond acceptors (Lipinski definition) is 2. The summed E-state index contributed by atoms with van der Waals surface area (Å²) in [5, 5.41) is 0. The third-order valence-electron chi connectivity index (χ3n) is 3.50. The van der Waals surface area contributed by atoms with Gasteiger partial charge in [0, 0.05) is 13.1 Å². The van der Waals surface area contributed by atoms with Crippen LogP contribution in [0.4, 0.5) is 4.79 Å². The van der Waals surface area contributed by atoms with Gasteiger partial charge in [0.1, 0.15) is 0 Å². The van der Waals surface area contributed by atoms with Crippen molar-refractivity contribution in [1.82, 2.24) is 9.80 Å². The van der Waals surface area contributed by atoms with Crippen molar-refractivity contribution in [3.8, 4) is 0 Å². The van der Waals surface area contributed by atoms with Crippen LogP contribution in [0.5, 0.6) is 0 Å². The second kappa shape index (κ2) is 7.20. The number of urea groups is 1. The molecule has 0 unspecified atom stereocenters. The van der Waals surface area contributed by atoms with Crippen molar-refractivity contribution in [3.05, 3.63) is 0 Å². The Bertz CT molecular complexity index is 284. The van der Waals surface area contributed by atoms with Crippen LogP contribution in [-0.2, 0) is 4.79 Å². The van der Waals surface area contributed by atoms with Crippen LogP contribution in [0.25, 0.3) is 0 Å². The van der Waals surface area contributed by atoms with Crippen LogP contribution in [0.15, 0.2) is 0 Å². The van der Waals surface area contributed by atoms with Gasteiger partial charge in [-0.3, -0.25) is 4.79 Å². The molecular weight excluding hydrogens is 232 g/mol. The zero-order valence-electron chi connectivity index (χ0n) is 11.4. The Labute approximate surface area is 109 Å². The molecule has 0 radical (unpaired) electrons. The Hall–Kier alpha value is -1.30. The average molecular weight is 257 g/mol. The molecule has 0 aromatic rings. The number of nitrogens with one attached hydrogen (secondary N) is 1. The molecule has 3 amide bonds. The van der Waals surface area contributed by atoms with Crippen molar-refractivity contribution in [1.29, 1.82) is 0 Å². The first-order valence-corrected chi connectivity index (χ1v) is 6.74. The maximum absolute atomic E-state index is 12.1. The van der Waals surface area contributed by atoms with Gasteiger partial charge < -0.3 is 20.4 Å². The summed E-state index contributed by atoms with van der Waals surface area (Å²) < 4.78 is 0. The van der Waals surface area contributed by atoms with Crippen molar-refractivity contribution >= 4 is 11.9 Å². The highest BCUT2D eigenvalue weighted by molar-refractivity contribution is 5.74. The number of carbonyl (C=O) groups is 2. The summed E-state index contributed by atoms with van der Waals surface area (Å²) in [5.41, 5.74) is 5.14. The van der Waals surface area contributed by atoms with E-state index in [2.05, 4.69) is 0 Å². The van der Waals surface area contributed by atoms with Gasteiger partial charge in [0.15, 0.2) is 0 Å². The van der Waals surface area contributed by atoms with Gasteiger partial charge in [0.05, 0.1) is 39.1 Å². The van der Waals surface area contributed by atoms with Gasteiger partial charge in [-0.1, -0.05) is 0 Å². The molecule has 6 nitrogen and oxygen atoms in total. The maximum Gasteiger partial charge on any atom is 0.320 e. The molecule has 1 fully saturated rings. The fourth-order valence-corrected chi connectivity index (χ4v) is 2.26. The Balaban J connectivity index is 2.34. The molecule has 1 saturated heterocycles. The van der Waals surface area contributed by atoms with Crippen LogP contribution in [0.3, 0.4) is 0 Å². The molecule has 3 N–H and O–H groups in total. The number of carbonyl (C=O) groups excluding carboxylic acids is 2. The first kappa shape index (κ1) is 14.8. The first-order valence-electron chi connectivity index (χ1n) is 6.74. The van der Waals surface area contributed by atoms with E-state index in [9.17, 15) is 9.59 Å². The summed E-state index contributed by atoms with van der Waals surface area (Å²) in [5.74, 6) is -0.246. The lowest BCUT2D eigenvalue weighted by Gasteiger charge is -2.35. The number of amides is 3. The quantitative estimate of drug-likeness (QED) is 0.631. The lowest BCUT2D eigenvalue weighted by molar-refractivity contribution is -0.903. The van der Waals surface area contributed by atoms with Crippen LogP contribution in [0, 0.1) is 0 Å². The van der Waals surface area contributed by atoms with Crippen molar-refractivity contribution in [3.63, 3.8) is 0 Å². The average Bonchev–Trinajstić information content (AvgIpc) is 2.38. The van der Waals surface area contributed by atoms with Gasteiger partial charge in [0.25, 0.3) is 0 Å². The summed E-state index contributed by atoms with van der Waals surface area (Å²) in [4.78, 5) is 27.9. The Kier molecular flexibility index (Phi) is 5.91. The van der Waals surface area contributed by atoms with Gasteiger partial charge in [-0.25, -0.2) is 4.79 Å². The number of quaternary nitrogens is 1. The van der Waals surface area contributed by atoms with Crippen LogP contribution >= 0.6 is 0 Å². The molecule has 1 aliphatic heterocycles. The number of nitrogens with zero attached hydrogens (tertiary/aromatic N) is 2. The highest BCUT2D eigenvalue weighted by atomic mass is 16.2. The summed E-state index contributed by atoms with van der Waals surface area (Å²) in [7, 11) is 0. The predicted octanol–water partition coefficient (Wildman–Crippen LogP) is -1.48. The normalized spacial score (nSPS) is 16.7. The Morgan fingerprint density at radius 2 is 1.78 bits per heavy atom. The predicted molar refractivity (Wildman–Crippen MR) is 69.3 cm³/mol. The van der Waals surface area contributed by atoms with E-state index in [0.717, 1.165) is 45.8 Å². The number of piperazine rings is 1. The van der Waals surface area contributed by atoms with E-state index in [1.807, 2.05) is 23.6 Å². The van der Waals surface area contributed by atoms with Crippen LogP contribution in [0.2, 0.25) is 0 Å². The lowest BCUT2D eigenvalue weighted by Crippen LogP contribution is -3.15. The van der Waals surface area contributed by atoms with Crippen molar-refractivity contribution in [2.75, 3.05) is 45.8 Å². The Morgan fingerprint density at radius 1 is 1.22 bits per heavy atom. The van der Waals surface area contributed by atoms with E-state index < -0.39 is 0 Å². The smallest absolute Gasteiger partial charge is 0.320 e. The van der Waals surface area contributed by atoms with E-state index >= 15 is 0 Å². The minimum Gasteiger partial charge on any atom is -0.369 e. The molecule has 0 saturated carbocycles. The van der Waals surface area contributed by atoms with Crippen molar-refractivity contribution < 1.29 is 14.5 Å². The molecule has 0 aliphatic carbocycles. The van der Waals surface area contributed by atoms with E-state index in [4.69, 9.17) is 5.73 Å². The topological polar surface area (TPSA) is 71.1 Å². The SMILES string of the molecule is CCN(CC)C(=O)N1CC[NH+](CCC(N)=O)CC1. The molecule has 18 heavy (non-hydrogen) atoms. The highest BCUT2D eigenvalue weighted by Crippen LogP contribution is 1.99. The van der Waals surface area contributed by atoms with E-state index in [1.165, 1.54) is 4.90 Å². The summed E-state index contributed by atoms with van der Waals surface area (Å²) in [6, 6.07) is 0.133. The van der Waals surface area contributed by atoms with E-state index in [1.54, 1.807) is 0 Å². The van der Waals surface area contributed by atoms with E-state index in [-0.39, 0.29) is 11.9 Å². The standard InChI is InChI=1S/C12H24N4O2/c1-3-15(4-2)12(18)16-9-7-14(8-10-16)6-5-11(13)17/h3-10H2,1-2H3,(H2,13,17)/p+1. The monoisotopic (exact) mass is 257 g/mol. The summed E-state index contributed by atoms with van der Waals surface area (Å²) in [6.45, 7) is 9.62. The first-order chi connectivity index (χ1) is 8.58. The van der Waals surface area contributed by atoms with Gasteiger partial charge >= 0.3 is 6.03 Å². The van der Waals surface area contributed by atoms with Gasteiger partial charge in [-0.15, -0.1) is 0 Å². The summed E-state index contributed by atoms with van der Waals surface area (Å²) in [6.07, 6.45) is 0.430. The minimum absolute atomic E-state index is 0.133. The van der Waals surface area contributed by atoms with E-state index in [0.29, 0.717) is 6.42 Å². The third-order valence-corrected chi connectivity index (χ3v) is 3.50. The molecule has 0 spiro atoms. The van der Waals surface area contributed by atoms with Gasteiger partial charge in [-0.05, 0) is 13.8 Å². The summed E-state index contributed by atoms with van der Waals surface area (Å²) >= 11 is 0. The molecule has 0 aromatic carbocycles. The molecule has 6 heteroatoms. The zero-order chi connectivity index (χ0) is 13.5. The number of primary amides is 1. The minimum atomic E-state index is -0.246. The van der Waals surface area contributed by atoms with Crippen LogP contribution < -0.4 is 10.6 Å². The van der Waals surface area contributed by atoms with Gasteiger partial charge in [-0.2, -0.15) is 0 Å². The van der Waals surface area contributed by atoms with Crippen molar-refractivity contribution in [2.45, 2.75) is 20.3 Å². The van der Waals surface area contributed by atoms with Crippen molar-refractivity contribution in [2.24, 2.45) is 5.73 Å². The third kappa shape index (κ3) is 4.18. The molecule has 0 aromatic heterocycles. The fraction of sp³-hybridized carbons (Fsp3) is 0.833. The molecule has 1 aliphatic rings. The van der Waals surface area contributed by atoms with Crippen LogP contribution in [0.1, 0.15) is 20.3 Å². The number of hydrogen-bond donors (Lipinski definition) is 2. The molecule has 0 bridgehead atoms. The number of nitrogens with two attached hydrogens (primary N) is 1. The second-order valence-electron chi connectivity index (χ2n) is 4.66. The van der Waals surface area contributed by atoms with Crippen LogP contribution in [-0.4, -0.2) is 67.6 Å². The second-order valence-corrected chi connectivity index (χ2v) is 4.66. The molecule has 1 rings (SSSR count). The molecule has 104 valence electrons. The number of rotatable bonds is 5. The lowest BCUT2D eigenvalue weighted by atomic mass is 10.3. The zero-order valence-corrected chi connectivity index (χ0v) is 11.4. The maximum atomic E-state index is 12.1. The Morgan fingerprint density at radius 3 is 2.22 bits per heavy atom. The highest BCUT2D eigenvalue weighted by Gasteiger charge is 2.25.